The van der Waals surface area contributed by atoms with Gasteiger partial charge in [0, 0.05) is 17.8 Å². The third-order valence-corrected chi connectivity index (χ3v) is 9.71. The molecule has 1 spiro atoms. The number of amides is 3. The number of carbonyl (C=O) groups is 3. The topological polar surface area (TPSA) is 98.7 Å². The lowest BCUT2D eigenvalue weighted by Gasteiger charge is -2.37. The molecule has 0 aromatic carbocycles. The second-order valence-corrected chi connectivity index (χ2v) is 12.6. The molecule has 33 heavy (non-hydrogen) atoms. The molecule has 6 atom stereocenters. The smallest absolute Gasteiger partial charge is 0.244 e. The van der Waals surface area contributed by atoms with Gasteiger partial charge in [0.25, 0.3) is 0 Å². The summed E-state index contributed by atoms with van der Waals surface area (Å²) in [6.07, 6.45) is 6.03. The molecule has 3 aliphatic rings. The Morgan fingerprint density at radius 1 is 1.12 bits per heavy atom. The Morgan fingerprint density at radius 2 is 1.82 bits per heavy atom. The van der Waals surface area contributed by atoms with E-state index in [2.05, 4.69) is 38.3 Å². The third-order valence-electron chi connectivity index (χ3n) is 7.72. The summed E-state index contributed by atoms with van der Waals surface area (Å²) in [4.78, 5) is 42.6. The summed E-state index contributed by atoms with van der Waals surface area (Å²) in [5, 5.41) is 16.4. The highest BCUT2D eigenvalue weighted by molar-refractivity contribution is 8.02. The molecule has 2 unspecified atom stereocenters. The fourth-order valence-electron chi connectivity index (χ4n) is 6.32. The second-order valence-electron chi connectivity index (χ2n) is 10.7. The monoisotopic (exact) mass is 481 g/mol. The fraction of sp³-hybridized carbons (Fsp3) is 0.880. The molecule has 3 fully saturated rings. The molecular formula is C25H43N3O4S. The van der Waals surface area contributed by atoms with Gasteiger partial charge in [-0.2, -0.15) is 0 Å². The van der Waals surface area contributed by atoms with Crippen molar-refractivity contribution in [2.75, 3.05) is 19.7 Å². The lowest BCUT2D eigenvalue weighted by Crippen LogP contribution is -2.56. The Balaban J connectivity index is 1.98. The lowest BCUT2D eigenvalue weighted by molar-refractivity contribution is -0.143. The van der Waals surface area contributed by atoms with Crippen LogP contribution in [0.15, 0.2) is 0 Å². The molecule has 7 nitrogen and oxygen atoms in total. The number of likely N-dealkylation sites (tertiary alicyclic amines) is 1. The third kappa shape index (κ3) is 4.66. The number of thioether (sulfide) groups is 1. The largest absolute Gasteiger partial charge is 0.394 e. The molecular weight excluding hydrogens is 438 g/mol. The maximum atomic E-state index is 14.0. The number of aliphatic hydroxyl groups excluding tert-OH is 1. The second kappa shape index (κ2) is 10.5. The molecule has 8 heteroatoms. The summed E-state index contributed by atoms with van der Waals surface area (Å²) in [6, 6.07) is -1.07. The van der Waals surface area contributed by atoms with Crippen LogP contribution in [0.5, 0.6) is 0 Å². The number of rotatable bonds is 12. The van der Waals surface area contributed by atoms with Crippen molar-refractivity contribution < 1.29 is 19.5 Å². The van der Waals surface area contributed by atoms with Crippen LogP contribution in [0.25, 0.3) is 0 Å². The van der Waals surface area contributed by atoms with E-state index in [1.54, 1.807) is 16.7 Å². The van der Waals surface area contributed by atoms with E-state index in [9.17, 15) is 19.5 Å². The van der Waals surface area contributed by atoms with Gasteiger partial charge in [0.2, 0.25) is 17.7 Å². The average molecular weight is 482 g/mol. The molecule has 0 aromatic rings. The van der Waals surface area contributed by atoms with Gasteiger partial charge in [0.05, 0.1) is 29.2 Å². The van der Waals surface area contributed by atoms with Crippen LogP contribution >= 0.6 is 11.8 Å². The molecule has 2 bridgehead atoms. The van der Waals surface area contributed by atoms with Crippen LogP contribution in [0.2, 0.25) is 0 Å². The van der Waals surface area contributed by atoms with Crippen LogP contribution in [0.1, 0.15) is 79.6 Å². The molecule has 3 aliphatic heterocycles. The Bertz CT molecular complexity index is 747. The van der Waals surface area contributed by atoms with Crippen molar-refractivity contribution in [3.8, 4) is 0 Å². The van der Waals surface area contributed by atoms with Gasteiger partial charge >= 0.3 is 0 Å². The number of nitrogens with one attached hydrogen (secondary N) is 2. The predicted molar refractivity (Wildman–Crippen MR) is 132 cm³/mol. The van der Waals surface area contributed by atoms with Crippen molar-refractivity contribution in [3.63, 3.8) is 0 Å². The summed E-state index contributed by atoms with van der Waals surface area (Å²) in [6.45, 7) is 11.3. The minimum absolute atomic E-state index is 0.0693. The van der Waals surface area contributed by atoms with E-state index in [1.165, 1.54) is 0 Å². The van der Waals surface area contributed by atoms with E-state index < -0.39 is 28.7 Å². The van der Waals surface area contributed by atoms with Crippen LogP contribution in [-0.4, -0.2) is 69.0 Å². The molecule has 3 amide bonds. The standard InChI is InChI=1S/C25H43N3O4S/c1-6-8-9-13-27-22(31)20-25-11-10-24(5,33-25)18(21(30)26-12-7-2)19(25)23(32)28(20)17(15-29)14-16(3)4/h16-20,29H,6-15H2,1-5H3,(H,26,30)(H,27,31)/t17-,18-,19+,20?,24+,25?/m1/s1. The number of hydrogen-bond acceptors (Lipinski definition) is 5. The van der Waals surface area contributed by atoms with E-state index in [4.69, 9.17) is 0 Å². The fourth-order valence-corrected chi connectivity index (χ4v) is 8.66. The number of unbranched alkanes of at least 4 members (excludes halogenated alkanes) is 2. The summed E-state index contributed by atoms with van der Waals surface area (Å²) in [5.74, 6) is -1.03. The maximum absolute atomic E-state index is 14.0. The normalized spacial score (nSPS) is 33.5. The van der Waals surface area contributed by atoms with Crippen LogP contribution < -0.4 is 10.6 Å². The van der Waals surface area contributed by atoms with E-state index in [-0.39, 0.29) is 35.0 Å². The number of carbonyl (C=O) groups excluding carboxylic acids is 3. The van der Waals surface area contributed by atoms with Crippen molar-refractivity contribution >= 4 is 29.5 Å². The van der Waals surface area contributed by atoms with E-state index in [1.807, 2.05) is 6.92 Å². The highest BCUT2D eigenvalue weighted by Crippen LogP contribution is 2.71. The molecule has 0 aliphatic carbocycles. The van der Waals surface area contributed by atoms with Crippen LogP contribution in [0.4, 0.5) is 0 Å². The molecule has 0 aromatic heterocycles. The Labute approximate surface area is 203 Å². The van der Waals surface area contributed by atoms with Crippen molar-refractivity contribution in [2.45, 2.75) is 101 Å². The van der Waals surface area contributed by atoms with Crippen LogP contribution in [0.3, 0.4) is 0 Å². The van der Waals surface area contributed by atoms with E-state index in [0.29, 0.717) is 19.5 Å². The van der Waals surface area contributed by atoms with Crippen molar-refractivity contribution in [1.29, 1.82) is 0 Å². The number of hydrogen-bond donors (Lipinski definition) is 3. The minimum atomic E-state index is -0.650. The van der Waals surface area contributed by atoms with Gasteiger partial charge in [0.15, 0.2) is 0 Å². The SMILES string of the molecule is CCCCCNC(=O)C1N([C@@H](CO)CC(C)C)C(=O)[C@@H]2[C@H](C(=O)NCCC)[C@]3(C)CCC12S3. The van der Waals surface area contributed by atoms with Gasteiger partial charge in [-0.25, -0.2) is 0 Å². The minimum Gasteiger partial charge on any atom is -0.394 e. The maximum Gasteiger partial charge on any atom is 0.244 e. The summed E-state index contributed by atoms with van der Waals surface area (Å²) in [7, 11) is 0. The zero-order valence-electron chi connectivity index (χ0n) is 21.0. The summed E-state index contributed by atoms with van der Waals surface area (Å²) >= 11 is 1.69. The predicted octanol–water partition coefficient (Wildman–Crippen LogP) is 2.71. The van der Waals surface area contributed by atoms with Crippen molar-refractivity contribution in [2.24, 2.45) is 17.8 Å². The molecule has 3 heterocycles. The number of nitrogens with zero attached hydrogens (tertiary/aromatic N) is 1. The van der Waals surface area contributed by atoms with Gasteiger partial charge in [-0.05, 0) is 44.9 Å². The van der Waals surface area contributed by atoms with Crippen molar-refractivity contribution in [1.82, 2.24) is 15.5 Å². The molecule has 3 saturated heterocycles. The molecule has 3 N–H and O–H groups in total. The van der Waals surface area contributed by atoms with Gasteiger partial charge in [-0.1, -0.05) is 40.5 Å². The molecule has 188 valence electrons. The first-order valence-electron chi connectivity index (χ1n) is 12.9. The summed E-state index contributed by atoms with van der Waals surface area (Å²) in [5.41, 5.74) is 0. The zero-order valence-corrected chi connectivity index (χ0v) is 21.8. The first-order valence-corrected chi connectivity index (χ1v) is 13.7. The van der Waals surface area contributed by atoms with Crippen molar-refractivity contribution in [3.05, 3.63) is 0 Å². The van der Waals surface area contributed by atoms with Gasteiger partial charge in [-0.3, -0.25) is 14.4 Å². The zero-order chi connectivity index (χ0) is 24.4. The van der Waals surface area contributed by atoms with Gasteiger partial charge < -0.3 is 20.6 Å². The lowest BCUT2D eigenvalue weighted by atomic mass is 9.66. The Morgan fingerprint density at radius 3 is 2.42 bits per heavy atom. The Hall–Kier alpha value is -1.28. The quantitative estimate of drug-likeness (QED) is 0.372. The number of aliphatic hydroxyl groups is 1. The molecule has 3 rings (SSSR count). The first-order chi connectivity index (χ1) is 15.7. The molecule has 0 radical (unpaired) electrons. The highest BCUT2D eigenvalue weighted by atomic mass is 32.2. The number of fused-ring (bicyclic) bond motifs is 1. The van der Waals surface area contributed by atoms with E-state index >= 15 is 0 Å². The van der Waals surface area contributed by atoms with E-state index in [0.717, 1.165) is 38.5 Å². The van der Waals surface area contributed by atoms with Crippen LogP contribution in [0, 0.1) is 17.8 Å². The van der Waals surface area contributed by atoms with Gasteiger partial charge in [0.1, 0.15) is 6.04 Å². The average Bonchev–Trinajstić information content (AvgIpc) is 3.34. The Kier molecular flexibility index (Phi) is 8.41. The highest BCUT2D eigenvalue weighted by Gasteiger charge is 2.77. The molecule has 0 saturated carbocycles. The first kappa shape index (κ1) is 26.3. The van der Waals surface area contributed by atoms with Crippen LogP contribution in [-0.2, 0) is 14.4 Å². The van der Waals surface area contributed by atoms with Gasteiger partial charge in [-0.15, -0.1) is 11.8 Å². The summed E-state index contributed by atoms with van der Waals surface area (Å²) < 4.78 is -0.961.